The van der Waals surface area contributed by atoms with Gasteiger partial charge >= 0.3 is 0 Å². The predicted molar refractivity (Wildman–Crippen MR) is 65.4 cm³/mol. The summed E-state index contributed by atoms with van der Waals surface area (Å²) < 4.78 is 0. The highest BCUT2D eigenvalue weighted by molar-refractivity contribution is 7.14. The third kappa shape index (κ3) is 1.88. The molecule has 0 aromatic carbocycles. The molecule has 1 aromatic rings. The minimum Gasteiger partial charge on any atom is -0.136 e. The molecule has 14 heavy (non-hydrogen) atoms. The molecule has 1 aliphatic rings. The zero-order valence-electron chi connectivity index (χ0n) is 8.42. The van der Waals surface area contributed by atoms with Gasteiger partial charge in [0.2, 0.25) is 0 Å². The van der Waals surface area contributed by atoms with E-state index in [0.29, 0.717) is 0 Å². The van der Waals surface area contributed by atoms with Crippen molar-refractivity contribution in [1.29, 1.82) is 0 Å². The summed E-state index contributed by atoms with van der Waals surface area (Å²) >= 11 is 1.83. The Kier molecular flexibility index (Phi) is 2.69. The summed E-state index contributed by atoms with van der Waals surface area (Å²) in [5.74, 6) is 0. The molecule has 0 N–H and O–H groups in total. The molecule has 0 nitrogen and oxygen atoms in total. The maximum absolute atomic E-state index is 3.96. The van der Waals surface area contributed by atoms with Gasteiger partial charge in [0.25, 0.3) is 0 Å². The Bertz CT molecular complexity index is 405. The molecule has 0 saturated carbocycles. The van der Waals surface area contributed by atoms with Gasteiger partial charge in [-0.3, -0.25) is 0 Å². The van der Waals surface area contributed by atoms with Crippen molar-refractivity contribution in [3.8, 4) is 0 Å². The molecule has 1 aromatic heterocycles. The molecule has 2 rings (SSSR count). The number of thiophene rings is 1. The zero-order valence-corrected chi connectivity index (χ0v) is 9.23. The van der Waals surface area contributed by atoms with Gasteiger partial charge in [-0.1, -0.05) is 24.8 Å². The summed E-state index contributed by atoms with van der Waals surface area (Å²) in [4.78, 5) is 2.65. The molecule has 1 heterocycles. The van der Waals surface area contributed by atoms with E-state index >= 15 is 0 Å². The highest BCUT2D eigenvalue weighted by Gasteiger charge is 2.05. The highest BCUT2D eigenvalue weighted by Crippen LogP contribution is 2.30. The van der Waals surface area contributed by atoms with E-state index in [9.17, 15) is 0 Å². The van der Waals surface area contributed by atoms with Crippen molar-refractivity contribution < 1.29 is 0 Å². The predicted octanol–water partition coefficient (Wildman–Crippen LogP) is 4.51. The summed E-state index contributed by atoms with van der Waals surface area (Å²) in [5, 5.41) is 0. The molecule has 0 fully saturated rings. The van der Waals surface area contributed by atoms with Crippen LogP contribution in [-0.4, -0.2) is 0 Å². The summed E-state index contributed by atoms with van der Waals surface area (Å²) in [6, 6.07) is 4.35. The summed E-state index contributed by atoms with van der Waals surface area (Å²) in [6.45, 7) is 6.01. The third-order valence-corrected chi connectivity index (χ3v) is 3.60. The first kappa shape index (κ1) is 9.47. The Morgan fingerprint density at radius 1 is 1.36 bits per heavy atom. The molecule has 0 atom stereocenters. The lowest BCUT2D eigenvalue weighted by molar-refractivity contribution is 1.04. The zero-order chi connectivity index (χ0) is 9.97. The van der Waals surface area contributed by atoms with Gasteiger partial charge in [-0.15, -0.1) is 11.3 Å². The first-order chi connectivity index (χ1) is 6.77. The van der Waals surface area contributed by atoms with E-state index in [2.05, 4.69) is 43.9 Å². The second-order valence-electron chi connectivity index (χ2n) is 3.58. The van der Waals surface area contributed by atoms with Crippen LogP contribution in [0.25, 0.3) is 11.1 Å². The molecule has 0 unspecified atom stereocenters. The Labute approximate surface area is 89.3 Å². The number of hydrogen-bond acceptors (Lipinski definition) is 1. The van der Waals surface area contributed by atoms with Crippen molar-refractivity contribution in [2.75, 3.05) is 0 Å². The number of rotatable bonds is 2. The van der Waals surface area contributed by atoms with Crippen LogP contribution in [0, 0.1) is 0 Å². The Morgan fingerprint density at radius 3 is 2.79 bits per heavy atom. The van der Waals surface area contributed by atoms with E-state index in [4.69, 9.17) is 0 Å². The van der Waals surface area contributed by atoms with Gasteiger partial charge in [-0.05, 0) is 43.0 Å². The fourth-order valence-corrected chi connectivity index (χ4v) is 2.47. The van der Waals surface area contributed by atoms with Crippen molar-refractivity contribution >= 4 is 22.5 Å². The van der Waals surface area contributed by atoms with E-state index in [1.54, 1.807) is 0 Å². The van der Waals surface area contributed by atoms with Gasteiger partial charge in [0.15, 0.2) is 0 Å². The molecule has 1 heteroatoms. The highest BCUT2D eigenvalue weighted by atomic mass is 32.1. The van der Waals surface area contributed by atoms with Crippen LogP contribution in [0.15, 0.2) is 36.9 Å². The Hall–Kier alpha value is -1.08. The molecular formula is C13H14S. The molecule has 0 bridgehead atoms. The molecule has 0 radical (unpaired) electrons. The topological polar surface area (TPSA) is 0 Å². The summed E-state index contributed by atoms with van der Waals surface area (Å²) in [6.07, 6.45) is 9.13. The second-order valence-corrected chi connectivity index (χ2v) is 4.67. The summed E-state index contributed by atoms with van der Waals surface area (Å²) in [7, 11) is 0. The van der Waals surface area contributed by atoms with Crippen LogP contribution < -0.4 is 0 Å². The fraction of sp³-hybridized carbons (Fsp3) is 0.231. The molecule has 0 spiro atoms. The molecule has 0 aliphatic heterocycles. The number of allylic oxidation sites excluding steroid dienone is 5. The molecule has 1 aliphatic carbocycles. The first-order valence-electron chi connectivity index (χ1n) is 4.90. The molecule has 72 valence electrons. The van der Waals surface area contributed by atoms with E-state index in [-0.39, 0.29) is 0 Å². The van der Waals surface area contributed by atoms with Gasteiger partial charge in [0, 0.05) is 9.75 Å². The van der Waals surface area contributed by atoms with Crippen LogP contribution in [0.3, 0.4) is 0 Å². The van der Waals surface area contributed by atoms with Crippen molar-refractivity contribution in [3.63, 3.8) is 0 Å². The van der Waals surface area contributed by atoms with Crippen LogP contribution >= 0.6 is 11.3 Å². The lowest BCUT2D eigenvalue weighted by Gasteiger charge is -2.03. The van der Waals surface area contributed by atoms with E-state index in [1.807, 2.05) is 11.3 Å². The second kappa shape index (κ2) is 3.97. The minimum absolute atomic E-state index is 1.15. The fourth-order valence-electron chi connectivity index (χ4n) is 1.52. The lowest BCUT2D eigenvalue weighted by atomic mass is 10.1. The van der Waals surface area contributed by atoms with Gasteiger partial charge in [0.1, 0.15) is 0 Å². The van der Waals surface area contributed by atoms with Crippen LogP contribution in [0.2, 0.25) is 0 Å². The van der Waals surface area contributed by atoms with Crippen molar-refractivity contribution in [2.24, 2.45) is 0 Å². The molecule has 0 saturated heterocycles. The smallest absolute Gasteiger partial charge is 0.0345 e. The van der Waals surface area contributed by atoms with Crippen LogP contribution in [0.4, 0.5) is 0 Å². The van der Waals surface area contributed by atoms with E-state index < -0.39 is 0 Å². The van der Waals surface area contributed by atoms with E-state index in [0.717, 1.165) is 5.57 Å². The van der Waals surface area contributed by atoms with Crippen LogP contribution in [-0.2, 0) is 0 Å². The third-order valence-electron chi connectivity index (χ3n) is 2.31. The number of hydrogen-bond donors (Lipinski definition) is 0. The van der Waals surface area contributed by atoms with Gasteiger partial charge in [-0.25, -0.2) is 0 Å². The molecule has 0 amide bonds. The van der Waals surface area contributed by atoms with Gasteiger partial charge in [-0.2, -0.15) is 0 Å². The van der Waals surface area contributed by atoms with Crippen molar-refractivity contribution in [2.45, 2.75) is 19.8 Å². The lowest BCUT2D eigenvalue weighted by Crippen LogP contribution is -1.80. The van der Waals surface area contributed by atoms with Crippen molar-refractivity contribution in [1.82, 2.24) is 0 Å². The maximum Gasteiger partial charge on any atom is 0.0345 e. The Balaban J connectivity index is 2.28. The van der Waals surface area contributed by atoms with Gasteiger partial charge in [0.05, 0.1) is 0 Å². The molecular weight excluding hydrogens is 188 g/mol. The standard InChI is InChI=1S/C13H14S/c1-10(2)12-8-9-13(14-12)11-6-4-3-5-7-11/h4,6-9H,1,3,5H2,2H3. The average molecular weight is 202 g/mol. The Morgan fingerprint density at radius 2 is 2.21 bits per heavy atom. The SMILES string of the molecule is C=C(C)c1ccc(C2=CCCC=C2)s1. The quantitative estimate of drug-likeness (QED) is 0.661. The van der Waals surface area contributed by atoms with Crippen LogP contribution in [0.1, 0.15) is 29.5 Å². The largest absolute Gasteiger partial charge is 0.136 e. The normalized spacial score (nSPS) is 15.4. The first-order valence-corrected chi connectivity index (χ1v) is 5.72. The average Bonchev–Trinajstić information content (AvgIpc) is 2.68. The van der Waals surface area contributed by atoms with Gasteiger partial charge < -0.3 is 0 Å². The van der Waals surface area contributed by atoms with Crippen LogP contribution in [0.5, 0.6) is 0 Å². The monoisotopic (exact) mass is 202 g/mol. The minimum atomic E-state index is 1.15. The van der Waals surface area contributed by atoms with E-state index in [1.165, 1.54) is 28.2 Å². The van der Waals surface area contributed by atoms with Crippen molar-refractivity contribution in [3.05, 3.63) is 46.7 Å². The maximum atomic E-state index is 3.96. The summed E-state index contributed by atoms with van der Waals surface area (Å²) in [5.41, 5.74) is 2.52.